The number of rotatable bonds is 4. The molecule has 0 spiro atoms. The first kappa shape index (κ1) is 14.9. The SMILES string of the molecule is Cc1cccc([N+](=O)[O-])c1Oc1ncc(Br)cc1[N+](=O)[O-]. The zero-order valence-electron chi connectivity index (χ0n) is 10.6. The van der Waals surface area contributed by atoms with E-state index in [9.17, 15) is 20.2 Å². The molecule has 0 saturated heterocycles. The molecule has 2 rings (SSSR count). The summed E-state index contributed by atoms with van der Waals surface area (Å²) in [5, 5.41) is 22.0. The maximum atomic E-state index is 11.0. The van der Waals surface area contributed by atoms with Gasteiger partial charge in [0.25, 0.3) is 5.88 Å². The molecule has 8 nitrogen and oxygen atoms in total. The number of nitro groups is 2. The summed E-state index contributed by atoms with van der Waals surface area (Å²) in [5.41, 5.74) is -0.195. The molecule has 0 radical (unpaired) electrons. The normalized spacial score (nSPS) is 10.2. The van der Waals surface area contributed by atoms with Crippen LogP contribution < -0.4 is 4.74 Å². The molecule has 0 aliphatic heterocycles. The fourth-order valence-corrected chi connectivity index (χ4v) is 1.95. The summed E-state index contributed by atoms with van der Waals surface area (Å²) in [6.45, 7) is 1.60. The first-order valence-electron chi connectivity index (χ1n) is 5.62. The van der Waals surface area contributed by atoms with E-state index in [-0.39, 0.29) is 23.0 Å². The first-order valence-corrected chi connectivity index (χ1v) is 6.41. The van der Waals surface area contributed by atoms with E-state index in [1.54, 1.807) is 13.0 Å². The molecule has 0 saturated carbocycles. The number of benzene rings is 1. The van der Waals surface area contributed by atoms with E-state index < -0.39 is 9.85 Å². The molecule has 0 unspecified atom stereocenters. The Morgan fingerprint density at radius 1 is 1.19 bits per heavy atom. The first-order chi connectivity index (χ1) is 9.90. The van der Waals surface area contributed by atoms with E-state index in [1.165, 1.54) is 24.4 Å². The van der Waals surface area contributed by atoms with Crippen molar-refractivity contribution in [1.82, 2.24) is 4.98 Å². The summed E-state index contributed by atoms with van der Waals surface area (Å²) in [7, 11) is 0. The number of halogens is 1. The van der Waals surface area contributed by atoms with Crippen molar-refractivity contribution < 1.29 is 14.6 Å². The van der Waals surface area contributed by atoms with Crippen LogP contribution in [-0.4, -0.2) is 14.8 Å². The van der Waals surface area contributed by atoms with Crippen LogP contribution in [-0.2, 0) is 0 Å². The standard InChI is InChI=1S/C12H8BrN3O5/c1-7-3-2-4-9(15(17)18)11(7)21-12-10(16(19)20)5-8(13)6-14-12/h2-6H,1H3. The number of ether oxygens (including phenoxy) is 1. The van der Waals surface area contributed by atoms with Gasteiger partial charge in [0.2, 0.25) is 5.75 Å². The number of aromatic nitrogens is 1. The molecular formula is C12H8BrN3O5. The topological polar surface area (TPSA) is 108 Å². The molecule has 9 heteroatoms. The molecule has 0 aliphatic rings. The second-order valence-corrected chi connectivity index (χ2v) is 4.93. The Bertz CT molecular complexity index is 735. The highest BCUT2D eigenvalue weighted by Gasteiger charge is 2.23. The number of nitro benzene ring substituents is 1. The van der Waals surface area contributed by atoms with E-state index >= 15 is 0 Å². The lowest BCUT2D eigenvalue weighted by Gasteiger charge is -2.08. The summed E-state index contributed by atoms with van der Waals surface area (Å²) >= 11 is 3.07. The minimum Gasteiger partial charge on any atom is -0.426 e. The third-order valence-corrected chi connectivity index (χ3v) is 3.02. The molecule has 1 aromatic carbocycles. The molecule has 0 fully saturated rings. The maximum Gasteiger partial charge on any atom is 0.332 e. The number of aryl methyl sites for hydroxylation is 1. The molecule has 2 aromatic rings. The minimum atomic E-state index is -0.669. The quantitative estimate of drug-likeness (QED) is 0.611. The molecule has 0 atom stereocenters. The Hall–Kier alpha value is -2.55. The van der Waals surface area contributed by atoms with Crippen LogP contribution in [0.2, 0.25) is 0 Å². The lowest BCUT2D eigenvalue weighted by Crippen LogP contribution is -2.00. The Labute approximate surface area is 126 Å². The molecular weight excluding hydrogens is 346 g/mol. The van der Waals surface area contributed by atoms with Gasteiger partial charge in [-0.25, -0.2) is 4.98 Å². The number of para-hydroxylation sites is 1. The second kappa shape index (κ2) is 5.83. The third-order valence-electron chi connectivity index (χ3n) is 2.58. The Kier molecular flexibility index (Phi) is 4.13. The summed E-state index contributed by atoms with van der Waals surface area (Å²) in [6, 6.07) is 5.58. The predicted molar refractivity (Wildman–Crippen MR) is 76.5 cm³/mol. The number of pyridine rings is 1. The summed E-state index contributed by atoms with van der Waals surface area (Å²) in [5.74, 6) is -0.374. The molecule has 0 aliphatic carbocycles. The second-order valence-electron chi connectivity index (χ2n) is 4.02. The Morgan fingerprint density at radius 2 is 1.86 bits per heavy atom. The van der Waals surface area contributed by atoms with Gasteiger partial charge in [-0.1, -0.05) is 12.1 Å². The molecule has 0 bridgehead atoms. The highest BCUT2D eigenvalue weighted by Crippen LogP contribution is 2.37. The fraction of sp³-hybridized carbons (Fsp3) is 0.0833. The lowest BCUT2D eigenvalue weighted by atomic mass is 10.2. The molecule has 0 N–H and O–H groups in total. The average molecular weight is 354 g/mol. The van der Waals surface area contributed by atoms with Crippen LogP contribution in [0.1, 0.15) is 5.56 Å². The molecule has 0 amide bonds. The summed E-state index contributed by atoms with van der Waals surface area (Å²) in [4.78, 5) is 24.5. The van der Waals surface area contributed by atoms with Crippen LogP contribution in [0, 0.1) is 27.2 Å². The van der Waals surface area contributed by atoms with Crippen molar-refractivity contribution >= 4 is 27.3 Å². The van der Waals surface area contributed by atoms with Gasteiger partial charge in [0.1, 0.15) is 0 Å². The van der Waals surface area contributed by atoms with Gasteiger partial charge >= 0.3 is 11.4 Å². The van der Waals surface area contributed by atoms with Crippen molar-refractivity contribution in [3.05, 3.63) is 60.7 Å². The number of hydrogen-bond donors (Lipinski definition) is 0. The van der Waals surface area contributed by atoms with Crippen molar-refractivity contribution in [2.75, 3.05) is 0 Å². The smallest absolute Gasteiger partial charge is 0.332 e. The van der Waals surface area contributed by atoms with Crippen LogP contribution >= 0.6 is 15.9 Å². The fourth-order valence-electron chi connectivity index (χ4n) is 1.64. The van der Waals surface area contributed by atoms with Gasteiger partial charge in [0, 0.05) is 22.8 Å². The zero-order valence-corrected chi connectivity index (χ0v) is 12.2. The van der Waals surface area contributed by atoms with Crippen molar-refractivity contribution in [3.8, 4) is 11.6 Å². The summed E-state index contributed by atoms with van der Waals surface area (Å²) < 4.78 is 5.74. The highest BCUT2D eigenvalue weighted by molar-refractivity contribution is 9.10. The van der Waals surface area contributed by atoms with Crippen LogP contribution in [0.25, 0.3) is 0 Å². The molecule has 1 heterocycles. The van der Waals surface area contributed by atoms with Gasteiger partial charge in [-0.2, -0.15) is 0 Å². The van der Waals surface area contributed by atoms with E-state index in [4.69, 9.17) is 4.74 Å². The Balaban J connectivity index is 2.53. The van der Waals surface area contributed by atoms with Gasteiger partial charge in [-0.15, -0.1) is 0 Å². The van der Waals surface area contributed by atoms with Crippen molar-refractivity contribution in [1.29, 1.82) is 0 Å². The zero-order chi connectivity index (χ0) is 15.6. The van der Waals surface area contributed by atoms with Crippen LogP contribution in [0.5, 0.6) is 11.6 Å². The average Bonchev–Trinajstić information content (AvgIpc) is 2.42. The van der Waals surface area contributed by atoms with Crippen molar-refractivity contribution in [2.24, 2.45) is 0 Å². The van der Waals surface area contributed by atoms with Crippen LogP contribution in [0.3, 0.4) is 0 Å². The maximum absolute atomic E-state index is 11.0. The predicted octanol–water partition coefficient (Wildman–Crippen LogP) is 3.76. The monoisotopic (exact) mass is 353 g/mol. The molecule has 1 aromatic heterocycles. The largest absolute Gasteiger partial charge is 0.426 e. The van der Waals surface area contributed by atoms with Gasteiger partial charge in [0.05, 0.1) is 9.85 Å². The van der Waals surface area contributed by atoms with E-state index in [0.717, 1.165) is 0 Å². The third kappa shape index (κ3) is 3.14. The van der Waals surface area contributed by atoms with Crippen LogP contribution in [0.15, 0.2) is 34.9 Å². The lowest BCUT2D eigenvalue weighted by molar-refractivity contribution is -0.387. The van der Waals surface area contributed by atoms with Gasteiger partial charge in [-0.05, 0) is 28.4 Å². The highest BCUT2D eigenvalue weighted by atomic mass is 79.9. The van der Waals surface area contributed by atoms with Gasteiger partial charge < -0.3 is 4.74 Å². The molecule has 108 valence electrons. The molecule has 21 heavy (non-hydrogen) atoms. The van der Waals surface area contributed by atoms with E-state index in [0.29, 0.717) is 10.0 Å². The van der Waals surface area contributed by atoms with Crippen LogP contribution in [0.4, 0.5) is 11.4 Å². The van der Waals surface area contributed by atoms with Gasteiger partial charge in [0.15, 0.2) is 0 Å². The van der Waals surface area contributed by atoms with E-state index in [2.05, 4.69) is 20.9 Å². The Morgan fingerprint density at radius 3 is 2.48 bits per heavy atom. The van der Waals surface area contributed by atoms with Gasteiger partial charge in [-0.3, -0.25) is 20.2 Å². The minimum absolute atomic E-state index is 0.0691. The number of hydrogen-bond acceptors (Lipinski definition) is 6. The van der Waals surface area contributed by atoms with Crippen molar-refractivity contribution in [3.63, 3.8) is 0 Å². The number of nitrogens with zero attached hydrogens (tertiary/aromatic N) is 3. The van der Waals surface area contributed by atoms with Crippen molar-refractivity contribution in [2.45, 2.75) is 6.92 Å². The van der Waals surface area contributed by atoms with E-state index in [1.807, 2.05) is 0 Å². The summed E-state index contributed by atoms with van der Waals surface area (Å²) in [6.07, 6.45) is 1.31.